The van der Waals surface area contributed by atoms with Gasteiger partial charge in [0.05, 0.1) is 12.8 Å². The number of hydrogen-bond acceptors (Lipinski definition) is 6. The lowest BCUT2D eigenvalue weighted by Crippen LogP contribution is -2.26. The van der Waals surface area contributed by atoms with Gasteiger partial charge in [0, 0.05) is 36.5 Å². The number of fused-ring (bicyclic) bond motifs is 1. The number of anilines is 1. The van der Waals surface area contributed by atoms with Crippen molar-refractivity contribution in [3.8, 4) is 11.5 Å². The van der Waals surface area contributed by atoms with Crippen molar-refractivity contribution in [2.24, 2.45) is 0 Å². The molecule has 0 bridgehead atoms. The minimum absolute atomic E-state index is 0.548. The summed E-state index contributed by atoms with van der Waals surface area (Å²) < 4.78 is 11.5. The molecule has 4 rings (SSSR count). The molecule has 0 amide bonds. The van der Waals surface area contributed by atoms with Crippen LogP contribution in [0.4, 0.5) is 5.13 Å². The Kier molecular flexibility index (Phi) is 6.67. The zero-order valence-electron chi connectivity index (χ0n) is 17.2. The first-order chi connectivity index (χ1) is 14.7. The first-order valence-electron chi connectivity index (χ1n) is 10.2. The van der Waals surface area contributed by atoms with E-state index in [1.54, 1.807) is 18.4 Å². The summed E-state index contributed by atoms with van der Waals surface area (Å²) in [7, 11) is 1.70. The minimum Gasteiger partial charge on any atom is -0.496 e. The van der Waals surface area contributed by atoms with Crippen molar-refractivity contribution in [1.82, 2.24) is 9.88 Å². The van der Waals surface area contributed by atoms with E-state index in [0.717, 1.165) is 55.1 Å². The van der Waals surface area contributed by atoms with Crippen LogP contribution >= 0.6 is 11.3 Å². The van der Waals surface area contributed by atoms with Gasteiger partial charge in [-0.2, -0.15) is 0 Å². The normalized spacial score (nSPS) is 14.4. The van der Waals surface area contributed by atoms with Gasteiger partial charge in [0.15, 0.2) is 5.13 Å². The van der Waals surface area contributed by atoms with Crippen LogP contribution in [0.25, 0.3) is 6.08 Å². The molecule has 0 spiro atoms. The van der Waals surface area contributed by atoms with Gasteiger partial charge in [-0.25, -0.2) is 4.98 Å². The van der Waals surface area contributed by atoms with Gasteiger partial charge < -0.3 is 15.2 Å². The third kappa shape index (κ3) is 5.20. The van der Waals surface area contributed by atoms with E-state index in [0.29, 0.717) is 11.7 Å². The number of aromatic nitrogens is 1. The molecule has 0 unspecified atom stereocenters. The summed E-state index contributed by atoms with van der Waals surface area (Å²) in [6.07, 6.45) is 6.29. The highest BCUT2D eigenvalue weighted by Crippen LogP contribution is 2.27. The number of nitrogen functional groups attached to an aromatic ring is 1. The lowest BCUT2D eigenvalue weighted by molar-refractivity contribution is 0.305. The van der Waals surface area contributed by atoms with Crippen LogP contribution in [0, 0.1) is 0 Å². The quantitative estimate of drug-likeness (QED) is 0.612. The average molecular weight is 422 g/mol. The highest BCUT2D eigenvalue weighted by atomic mass is 32.1. The zero-order valence-corrected chi connectivity index (χ0v) is 18.0. The van der Waals surface area contributed by atoms with Crippen LogP contribution in [0.15, 0.2) is 54.6 Å². The monoisotopic (exact) mass is 421 g/mol. The van der Waals surface area contributed by atoms with Gasteiger partial charge in [0.25, 0.3) is 0 Å². The van der Waals surface area contributed by atoms with Crippen molar-refractivity contribution < 1.29 is 9.47 Å². The van der Waals surface area contributed by atoms with Crippen molar-refractivity contribution in [2.45, 2.75) is 19.4 Å². The molecule has 1 aliphatic heterocycles. The summed E-state index contributed by atoms with van der Waals surface area (Å²) in [5.74, 6) is 1.68. The Bertz CT molecular complexity index is 975. The Hall–Kier alpha value is -2.83. The molecule has 0 fully saturated rings. The molecule has 6 heteroatoms. The van der Waals surface area contributed by atoms with Crippen LogP contribution in [-0.4, -0.2) is 36.6 Å². The maximum atomic E-state index is 5.97. The van der Waals surface area contributed by atoms with Crippen molar-refractivity contribution >= 4 is 22.5 Å². The SMILES string of the molecule is COc1ccc(OCc2ccccc2)cc1/C=C/CN1CCc2nc(N)sc2CC1. The summed E-state index contributed by atoms with van der Waals surface area (Å²) in [5.41, 5.74) is 9.19. The van der Waals surface area contributed by atoms with Gasteiger partial charge in [0.2, 0.25) is 0 Å². The molecule has 0 aliphatic carbocycles. The van der Waals surface area contributed by atoms with E-state index in [4.69, 9.17) is 15.2 Å². The number of nitrogens with two attached hydrogens (primary N) is 1. The van der Waals surface area contributed by atoms with Crippen LogP contribution < -0.4 is 15.2 Å². The summed E-state index contributed by atoms with van der Waals surface area (Å²) in [4.78, 5) is 8.25. The average Bonchev–Trinajstić information content (AvgIpc) is 3.03. The molecule has 0 atom stereocenters. The van der Waals surface area contributed by atoms with Crippen LogP contribution in [-0.2, 0) is 19.4 Å². The molecule has 0 saturated heterocycles. The Morgan fingerprint density at radius 2 is 1.97 bits per heavy atom. The molecule has 1 aliphatic rings. The fraction of sp³-hybridized carbons (Fsp3) is 0.292. The van der Waals surface area contributed by atoms with Gasteiger partial charge in [-0.05, 0) is 30.2 Å². The molecule has 0 radical (unpaired) electrons. The van der Waals surface area contributed by atoms with Crippen molar-refractivity contribution in [3.63, 3.8) is 0 Å². The number of ether oxygens (including phenoxy) is 2. The second-order valence-electron chi connectivity index (χ2n) is 7.30. The molecule has 5 nitrogen and oxygen atoms in total. The summed E-state index contributed by atoms with van der Waals surface area (Å²) >= 11 is 1.63. The molecule has 2 N–H and O–H groups in total. The maximum absolute atomic E-state index is 5.97. The molecule has 30 heavy (non-hydrogen) atoms. The van der Waals surface area contributed by atoms with Gasteiger partial charge in [-0.15, -0.1) is 11.3 Å². The fourth-order valence-corrected chi connectivity index (χ4v) is 4.48. The Morgan fingerprint density at radius 3 is 2.80 bits per heavy atom. The number of nitrogens with zero attached hydrogens (tertiary/aromatic N) is 2. The van der Waals surface area contributed by atoms with Gasteiger partial charge in [0.1, 0.15) is 18.1 Å². The summed E-state index contributed by atoms with van der Waals surface area (Å²) in [6.45, 7) is 3.46. The Labute approximate surface area is 181 Å². The standard InChI is InChI=1S/C24H27N3O2S/c1-28-22-10-9-20(29-17-18-6-3-2-4-7-18)16-19(22)8-5-13-27-14-11-21-23(12-15-27)30-24(25)26-21/h2-10,16H,11-15,17H2,1H3,(H2,25,26)/b8-5+. The van der Waals surface area contributed by atoms with Crippen molar-refractivity contribution in [3.05, 3.63) is 76.3 Å². The summed E-state index contributed by atoms with van der Waals surface area (Å²) in [6, 6.07) is 16.1. The highest BCUT2D eigenvalue weighted by Gasteiger charge is 2.16. The van der Waals surface area contributed by atoms with Crippen LogP contribution in [0.3, 0.4) is 0 Å². The number of benzene rings is 2. The maximum Gasteiger partial charge on any atom is 0.180 e. The van der Waals surface area contributed by atoms with E-state index in [9.17, 15) is 0 Å². The first-order valence-corrected chi connectivity index (χ1v) is 11.0. The van der Waals surface area contributed by atoms with E-state index in [2.05, 4.69) is 34.2 Å². The van der Waals surface area contributed by atoms with Gasteiger partial charge in [-0.3, -0.25) is 4.90 Å². The van der Waals surface area contributed by atoms with E-state index in [1.165, 1.54) is 10.6 Å². The minimum atomic E-state index is 0.548. The van der Waals surface area contributed by atoms with E-state index in [-0.39, 0.29) is 0 Å². The Morgan fingerprint density at radius 1 is 1.13 bits per heavy atom. The van der Waals surface area contributed by atoms with Gasteiger partial charge >= 0.3 is 0 Å². The van der Waals surface area contributed by atoms with Crippen LogP contribution in [0.5, 0.6) is 11.5 Å². The topological polar surface area (TPSA) is 60.6 Å². The number of thiazole rings is 1. The molecule has 2 heterocycles. The van der Waals surface area contributed by atoms with E-state index >= 15 is 0 Å². The molecular formula is C24H27N3O2S. The van der Waals surface area contributed by atoms with Crippen LogP contribution in [0.2, 0.25) is 0 Å². The lowest BCUT2D eigenvalue weighted by atomic mass is 10.1. The lowest BCUT2D eigenvalue weighted by Gasteiger charge is -2.17. The second kappa shape index (κ2) is 9.78. The molecule has 3 aromatic rings. The second-order valence-corrected chi connectivity index (χ2v) is 8.42. The van der Waals surface area contributed by atoms with Crippen LogP contribution in [0.1, 0.15) is 21.7 Å². The Balaban J connectivity index is 1.36. The molecule has 156 valence electrons. The van der Waals surface area contributed by atoms with Crippen molar-refractivity contribution in [1.29, 1.82) is 0 Å². The first kappa shape index (κ1) is 20.4. The molecule has 0 saturated carbocycles. The van der Waals surface area contributed by atoms with Crippen molar-refractivity contribution in [2.75, 3.05) is 32.5 Å². The van der Waals surface area contributed by atoms with E-state index < -0.39 is 0 Å². The fourth-order valence-electron chi connectivity index (χ4n) is 3.61. The molecular weight excluding hydrogens is 394 g/mol. The smallest absolute Gasteiger partial charge is 0.180 e. The third-order valence-corrected chi connectivity index (χ3v) is 6.21. The number of rotatable bonds is 7. The largest absolute Gasteiger partial charge is 0.496 e. The zero-order chi connectivity index (χ0) is 20.8. The van der Waals surface area contributed by atoms with E-state index in [1.807, 2.05) is 36.4 Å². The van der Waals surface area contributed by atoms with Gasteiger partial charge in [-0.1, -0.05) is 42.5 Å². The third-order valence-electron chi connectivity index (χ3n) is 5.23. The molecule has 2 aromatic carbocycles. The summed E-state index contributed by atoms with van der Waals surface area (Å²) in [5, 5.41) is 0.690. The number of methoxy groups -OCH3 is 1. The predicted octanol–water partition coefficient (Wildman–Crippen LogP) is 4.43. The predicted molar refractivity (Wildman–Crippen MR) is 123 cm³/mol. The number of hydrogen-bond donors (Lipinski definition) is 1. The highest BCUT2D eigenvalue weighted by molar-refractivity contribution is 7.15. The molecule has 1 aromatic heterocycles.